The van der Waals surface area contributed by atoms with Crippen LogP contribution in [-0.4, -0.2) is 23.5 Å². The summed E-state index contributed by atoms with van der Waals surface area (Å²) in [5.74, 6) is -3.09. The Hall–Kier alpha value is -2.09. The molecule has 104 valence electrons. The molecule has 8 heteroatoms. The lowest BCUT2D eigenvalue weighted by atomic mass is 10.2. The lowest BCUT2D eigenvalue weighted by Gasteiger charge is -2.09. The van der Waals surface area contributed by atoms with Gasteiger partial charge in [0, 0.05) is 12.1 Å². The number of ether oxygens (including phenoxy) is 1. The Kier molecular flexibility index (Phi) is 4.87. The minimum Gasteiger partial charge on any atom is -0.369 e. The molecular weight excluding hydrogens is 262 g/mol. The molecule has 0 bridgehead atoms. The Morgan fingerprint density at radius 3 is 2.58 bits per heavy atom. The zero-order valence-electron chi connectivity index (χ0n) is 10.3. The van der Waals surface area contributed by atoms with Gasteiger partial charge in [-0.1, -0.05) is 0 Å². The zero-order valence-corrected chi connectivity index (χ0v) is 10.3. The minimum atomic E-state index is -1.31. The molecular formula is C11H12F2N2O4. The van der Waals surface area contributed by atoms with Crippen molar-refractivity contribution in [1.82, 2.24) is 0 Å². The number of hydrogen-bond acceptors (Lipinski definition) is 4. The molecule has 0 heterocycles. The average Bonchev–Trinajstić information content (AvgIpc) is 2.29. The van der Waals surface area contributed by atoms with Crippen molar-refractivity contribution in [3.63, 3.8) is 0 Å². The number of benzene rings is 1. The van der Waals surface area contributed by atoms with Crippen molar-refractivity contribution < 1.29 is 23.2 Å². The molecule has 1 aromatic carbocycles. The molecule has 0 aliphatic carbocycles. The largest absolute Gasteiger partial charge is 0.369 e. The van der Waals surface area contributed by atoms with E-state index in [1.54, 1.807) is 13.8 Å². The van der Waals surface area contributed by atoms with Gasteiger partial charge in [0.25, 0.3) is 0 Å². The second-order valence-electron chi connectivity index (χ2n) is 3.95. The second kappa shape index (κ2) is 6.19. The first-order valence-electron chi connectivity index (χ1n) is 5.36. The quantitative estimate of drug-likeness (QED) is 0.659. The normalized spacial score (nSPS) is 10.6. The summed E-state index contributed by atoms with van der Waals surface area (Å²) in [7, 11) is 0. The molecule has 0 fully saturated rings. The third-order valence-electron chi connectivity index (χ3n) is 2.06. The van der Waals surface area contributed by atoms with Crippen LogP contribution in [0.1, 0.15) is 13.8 Å². The van der Waals surface area contributed by atoms with Gasteiger partial charge in [0.1, 0.15) is 12.4 Å². The molecule has 1 N–H and O–H groups in total. The first kappa shape index (κ1) is 15.0. The number of nitrogens with one attached hydrogen (secondary N) is 1. The molecule has 1 aromatic rings. The molecule has 19 heavy (non-hydrogen) atoms. The summed E-state index contributed by atoms with van der Waals surface area (Å²) in [6.07, 6.45) is -0.196. The third kappa shape index (κ3) is 4.25. The van der Waals surface area contributed by atoms with Crippen LogP contribution in [0.15, 0.2) is 12.1 Å². The highest BCUT2D eigenvalue weighted by molar-refractivity contribution is 5.92. The first-order valence-corrected chi connectivity index (χ1v) is 5.36. The fourth-order valence-electron chi connectivity index (χ4n) is 1.20. The molecule has 0 aliphatic rings. The van der Waals surface area contributed by atoms with Gasteiger partial charge in [-0.3, -0.25) is 14.9 Å². The van der Waals surface area contributed by atoms with E-state index in [1.165, 1.54) is 0 Å². The Labute approximate surface area is 107 Å². The standard InChI is InChI=1S/C11H12F2N2O4/c1-6(2)19-5-11(16)14-9-4-10(15(17)18)8(13)3-7(9)12/h3-4,6H,5H2,1-2H3,(H,14,16). The van der Waals surface area contributed by atoms with E-state index in [1.807, 2.05) is 0 Å². The Morgan fingerprint density at radius 2 is 2.05 bits per heavy atom. The molecule has 0 saturated carbocycles. The van der Waals surface area contributed by atoms with Gasteiger partial charge in [0.15, 0.2) is 0 Å². The van der Waals surface area contributed by atoms with Crippen molar-refractivity contribution in [2.75, 3.05) is 11.9 Å². The van der Waals surface area contributed by atoms with E-state index in [2.05, 4.69) is 5.32 Å². The van der Waals surface area contributed by atoms with E-state index in [-0.39, 0.29) is 12.7 Å². The fourth-order valence-corrected chi connectivity index (χ4v) is 1.20. The smallest absolute Gasteiger partial charge is 0.307 e. The van der Waals surface area contributed by atoms with Gasteiger partial charge < -0.3 is 10.1 Å². The van der Waals surface area contributed by atoms with Crippen LogP contribution in [0.4, 0.5) is 20.2 Å². The van der Waals surface area contributed by atoms with Crippen molar-refractivity contribution >= 4 is 17.3 Å². The molecule has 0 atom stereocenters. The Balaban J connectivity index is 2.86. The highest BCUT2D eigenvalue weighted by Gasteiger charge is 2.19. The first-order chi connectivity index (χ1) is 8.81. The van der Waals surface area contributed by atoms with E-state index in [9.17, 15) is 23.7 Å². The summed E-state index contributed by atoms with van der Waals surface area (Å²) in [4.78, 5) is 20.9. The number of nitro benzene ring substituents is 1. The van der Waals surface area contributed by atoms with Crippen LogP contribution < -0.4 is 5.32 Å². The number of nitro groups is 1. The molecule has 1 amide bonds. The lowest BCUT2D eigenvalue weighted by molar-refractivity contribution is -0.387. The van der Waals surface area contributed by atoms with Crippen LogP contribution >= 0.6 is 0 Å². The van der Waals surface area contributed by atoms with Gasteiger partial charge in [0.2, 0.25) is 11.7 Å². The Morgan fingerprint density at radius 1 is 1.42 bits per heavy atom. The highest BCUT2D eigenvalue weighted by atomic mass is 19.1. The van der Waals surface area contributed by atoms with Crippen molar-refractivity contribution in [3.05, 3.63) is 33.9 Å². The monoisotopic (exact) mass is 274 g/mol. The number of rotatable bonds is 5. The minimum absolute atomic E-state index is 0.196. The van der Waals surface area contributed by atoms with Crippen molar-refractivity contribution in [2.45, 2.75) is 20.0 Å². The van der Waals surface area contributed by atoms with E-state index in [4.69, 9.17) is 4.74 Å². The molecule has 0 spiro atoms. The molecule has 0 aliphatic heterocycles. The molecule has 0 saturated heterocycles. The molecule has 1 rings (SSSR count). The topological polar surface area (TPSA) is 81.5 Å². The molecule has 0 unspecified atom stereocenters. The zero-order chi connectivity index (χ0) is 14.6. The summed E-state index contributed by atoms with van der Waals surface area (Å²) in [6, 6.07) is 0.967. The van der Waals surface area contributed by atoms with Crippen LogP contribution in [-0.2, 0) is 9.53 Å². The number of anilines is 1. The number of amides is 1. The highest BCUT2D eigenvalue weighted by Crippen LogP contribution is 2.24. The maximum Gasteiger partial charge on any atom is 0.307 e. The summed E-state index contributed by atoms with van der Waals surface area (Å²) in [6.45, 7) is 3.08. The van der Waals surface area contributed by atoms with Crippen molar-refractivity contribution in [3.8, 4) is 0 Å². The van der Waals surface area contributed by atoms with Crippen LogP contribution in [0.5, 0.6) is 0 Å². The van der Waals surface area contributed by atoms with E-state index < -0.39 is 33.8 Å². The number of hydrogen-bond donors (Lipinski definition) is 1. The maximum absolute atomic E-state index is 13.3. The number of carbonyl (C=O) groups is 1. The van der Waals surface area contributed by atoms with Crippen LogP contribution in [0.3, 0.4) is 0 Å². The van der Waals surface area contributed by atoms with Gasteiger partial charge in [-0.05, 0) is 13.8 Å². The average molecular weight is 274 g/mol. The van der Waals surface area contributed by atoms with Gasteiger partial charge in [-0.15, -0.1) is 0 Å². The Bertz CT molecular complexity index is 506. The summed E-state index contributed by atoms with van der Waals surface area (Å²) in [5.41, 5.74) is -1.38. The number of nitrogens with zero attached hydrogens (tertiary/aromatic N) is 1. The molecule has 0 aromatic heterocycles. The molecule has 0 radical (unpaired) electrons. The van der Waals surface area contributed by atoms with Gasteiger partial charge in [0.05, 0.1) is 16.7 Å². The SMILES string of the molecule is CC(C)OCC(=O)Nc1cc([N+](=O)[O-])c(F)cc1F. The second-order valence-corrected chi connectivity index (χ2v) is 3.95. The van der Waals surface area contributed by atoms with Crippen molar-refractivity contribution in [2.24, 2.45) is 0 Å². The summed E-state index contributed by atoms with van der Waals surface area (Å²) in [5, 5.41) is 12.6. The van der Waals surface area contributed by atoms with Crippen LogP contribution in [0, 0.1) is 21.7 Å². The maximum atomic E-state index is 13.3. The third-order valence-corrected chi connectivity index (χ3v) is 2.06. The predicted octanol–water partition coefficient (Wildman–Crippen LogP) is 2.24. The van der Waals surface area contributed by atoms with E-state index in [0.717, 1.165) is 0 Å². The molecule has 6 nitrogen and oxygen atoms in total. The predicted molar refractivity (Wildman–Crippen MR) is 62.7 cm³/mol. The number of halogens is 2. The number of carbonyl (C=O) groups excluding carboxylic acids is 1. The van der Waals surface area contributed by atoms with Gasteiger partial charge in [-0.25, -0.2) is 4.39 Å². The van der Waals surface area contributed by atoms with Crippen molar-refractivity contribution in [1.29, 1.82) is 0 Å². The van der Waals surface area contributed by atoms with E-state index in [0.29, 0.717) is 12.1 Å². The van der Waals surface area contributed by atoms with E-state index >= 15 is 0 Å². The summed E-state index contributed by atoms with van der Waals surface area (Å²) >= 11 is 0. The van der Waals surface area contributed by atoms with Crippen LogP contribution in [0.2, 0.25) is 0 Å². The summed E-state index contributed by atoms with van der Waals surface area (Å²) < 4.78 is 31.4. The van der Waals surface area contributed by atoms with Gasteiger partial charge >= 0.3 is 5.69 Å². The fraction of sp³-hybridized carbons (Fsp3) is 0.364. The van der Waals surface area contributed by atoms with Crippen LogP contribution in [0.25, 0.3) is 0 Å². The van der Waals surface area contributed by atoms with Gasteiger partial charge in [-0.2, -0.15) is 4.39 Å². The lowest BCUT2D eigenvalue weighted by Crippen LogP contribution is -2.21.